The van der Waals surface area contributed by atoms with Gasteiger partial charge in [0.15, 0.2) is 0 Å². The molecular formula is C25H28ClN3O. The third-order valence-corrected chi connectivity index (χ3v) is 6.52. The van der Waals surface area contributed by atoms with E-state index < -0.39 is 0 Å². The summed E-state index contributed by atoms with van der Waals surface area (Å²) in [5, 5.41) is 13.3. The van der Waals surface area contributed by atoms with E-state index in [2.05, 4.69) is 22.4 Å². The van der Waals surface area contributed by atoms with Crippen LogP contribution in [0.2, 0.25) is 5.02 Å². The summed E-state index contributed by atoms with van der Waals surface area (Å²) < 4.78 is 0. The lowest BCUT2D eigenvalue weighted by Crippen LogP contribution is -2.48. The van der Waals surface area contributed by atoms with E-state index in [4.69, 9.17) is 11.6 Å². The first-order valence-corrected chi connectivity index (χ1v) is 11.3. The predicted octanol–water partition coefficient (Wildman–Crippen LogP) is 5.23. The van der Waals surface area contributed by atoms with Crippen LogP contribution in [0.25, 0.3) is 0 Å². The van der Waals surface area contributed by atoms with Crippen molar-refractivity contribution < 1.29 is 4.79 Å². The molecular weight excluding hydrogens is 394 g/mol. The minimum Gasteiger partial charge on any atom is -0.365 e. The molecule has 1 atom stereocenters. The Morgan fingerprint density at radius 2 is 2.00 bits per heavy atom. The molecule has 156 valence electrons. The molecule has 0 aromatic heterocycles. The number of halogens is 1. The molecule has 2 aromatic carbocycles. The van der Waals surface area contributed by atoms with Gasteiger partial charge in [-0.3, -0.25) is 4.79 Å². The van der Waals surface area contributed by atoms with E-state index in [1.807, 2.05) is 36.4 Å². The van der Waals surface area contributed by atoms with Crippen LogP contribution in [0.4, 0.5) is 5.69 Å². The number of anilines is 1. The summed E-state index contributed by atoms with van der Waals surface area (Å²) in [7, 11) is 0. The summed E-state index contributed by atoms with van der Waals surface area (Å²) in [5.74, 6) is 0.692. The van der Waals surface area contributed by atoms with Crippen LogP contribution >= 0.6 is 11.6 Å². The Kier molecular flexibility index (Phi) is 6.59. The Labute approximate surface area is 183 Å². The van der Waals surface area contributed by atoms with Crippen molar-refractivity contribution in [1.29, 1.82) is 5.26 Å². The Balaban J connectivity index is 1.50. The second-order valence-corrected chi connectivity index (χ2v) is 9.08. The molecule has 30 heavy (non-hydrogen) atoms. The maximum atomic E-state index is 12.7. The van der Waals surface area contributed by atoms with Crippen molar-refractivity contribution in [2.24, 2.45) is 5.92 Å². The van der Waals surface area contributed by atoms with Crippen LogP contribution in [-0.4, -0.2) is 18.5 Å². The molecule has 5 heteroatoms. The number of rotatable bonds is 5. The number of amides is 1. The van der Waals surface area contributed by atoms with E-state index in [9.17, 15) is 10.1 Å². The van der Waals surface area contributed by atoms with E-state index in [-0.39, 0.29) is 11.9 Å². The molecule has 0 radical (unpaired) electrons. The Morgan fingerprint density at radius 1 is 1.17 bits per heavy atom. The van der Waals surface area contributed by atoms with Gasteiger partial charge in [0.2, 0.25) is 5.91 Å². The number of fused-ring (bicyclic) bond motifs is 1. The summed E-state index contributed by atoms with van der Waals surface area (Å²) in [4.78, 5) is 15.0. The van der Waals surface area contributed by atoms with Gasteiger partial charge in [0, 0.05) is 30.2 Å². The van der Waals surface area contributed by atoms with Crippen molar-refractivity contribution in [2.45, 2.75) is 57.5 Å². The molecule has 4 rings (SSSR count). The average Bonchev–Trinajstić information content (AvgIpc) is 2.74. The van der Waals surface area contributed by atoms with Crippen molar-refractivity contribution >= 4 is 23.2 Å². The number of nitrogens with one attached hydrogen (secondary N) is 1. The van der Waals surface area contributed by atoms with E-state index >= 15 is 0 Å². The van der Waals surface area contributed by atoms with Crippen LogP contribution in [0.1, 0.15) is 55.2 Å². The molecule has 1 aliphatic carbocycles. The van der Waals surface area contributed by atoms with Crippen LogP contribution in [0, 0.1) is 17.2 Å². The number of hydrogen-bond acceptors (Lipinski definition) is 3. The quantitative estimate of drug-likeness (QED) is 0.719. The third kappa shape index (κ3) is 5.15. The maximum Gasteiger partial charge on any atom is 0.220 e. The third-order valence-electron chi connectivity index (χ3n) is 6.28. The van der Waals surface area contributed by atoms with Crippen molar-refractivity contribution in [3.05, 3.63) is 64.2 Å². The summed E-state index contributed by atoms with van der Waals surface area (Å²) in [5.41, 5.74) is 4.04. The molecule has 0 spiro atoms. The largest absolute Gasteiger partial charge is 0.365 e. The van der Waals surface area contributed by atoms with Gasteiger partial charge in [-0.1, -0.05) is 43.0 Å². The summed E-state index contributed by atoms with van der Waals surface area (Å²) in [6.07, 6.45) is 7.54. The fourth-order valence-electron chi connectivity index (χ4n) is 4.86. The number of carbonyl (C=O) groups excluding carboxylic acids is 1. The number of hydrogen-bond donors (Lipinski definition) is 1. The van der Waals surface area contributed by atoms with Crippen molar-refractivity contribution in [2.75, 3.05) is 11.4 Å². The Morgan fingerprint density at radius 3 is 2.77 bits per heavy atom. The van der Waals surface area contributed by atoms with E-state index in [1.54, 1.807) is 0 Å². The van der Waals surface area contributed by atoms with Gasteiger partial charge in [-0.15, -0.1) is 0 Å². The van der Waals surface area contributed by atoms with Crippen LogP contribution in [0.15, 0.2) is 42.5 Å². The SMILES string of the molecule is N#Cc1ccc2c(c1)C[C@H](NC(=O)CC1CCCCC1)CN2Cc1cccc(Cl)c1. The van der Waals surface area contributed by atoms with Crippen LogP contribution < -0.4 is 10.2 Å². The first-order chi connectivity index (χ1) is 14.6. The normalized spacial score (nSPS) is 19.1. The van der Waals surface area contributed by atoms with Gasteiger partial charge < -0.3 is 10.2 Å². The zero-order valence-corrected chi connectivity index (χ0v) is 18.0. The molecule has 1 fully saturated rings. The summed E-state index contributed by atoms with van der Waals surface area (Å²) >= 11 is 6.18. The lowest BCUT2D eigenvalue weighted by atomic mass is 9.86. The molecule has 0 bridgehead atoms. The zero-order valence-electron chi connectivity index (χ0n) is 17.2. The predicted molar refractivity (Wildman–Crippen MR) is 120 cm³/mol. The van der Waals surface area contributed by atoms with Gasteiger partial charge in [-0.2, -0.15) is 5.26 Å². The fourth-order valence-corrected chi connectivity index (χ4v) is 5.08. The van der Waals surface area contributed by atoms with Gasteiger partial charge in [0.05, 0.1) is 17.7 Å². The van der Waals surface area contributed by atoms with Crippen molar-refractivity contribution in [1.82, 2.24) is 5.32 Å². The Hall–Kier alpha value is -2.51. The molecule has 4 nitrogen and oxygen atoms in total. The number of carbonyl (C=O) groups is 1. The van der Waals surface area contributed by atoms with Gasteiger partial charge in [-0.05, 0) is 66.6 Å². The monoisotopic (exact) mass is 421 g/mol. The molecule has 1 heterocycles. The Bertz CT molecular complexity index is 946. The molecule has 2 aliphatic rings. The van der Waals surface area contributed by atoms with Crippen LogP contribution in [-0.2, 0) is 17.8 Å². The standard InChI is InChI=1S/C25H28ClN3O/c26-22-8-4-7-20(12-22)16-29-17-23(14-21-11-19(15-27)9-10-24(21)29)28-25(30)13-18-5-2-1-3-6-18/h4,7-12,18,23H,1-3,5-6,13-14,16-17H2,(H,28,30)/t23-/m0/s1. The number of nitrogens with zero attached hydrogens (tertiary/aromatic N) is 2. The van der Waals surface area contributed by atoms with E-state index in [0.717, 1.165) is 34.8 Å². The maximum absolute atomic E-state index is 12.7. The van der Waals surface area contributed by atoms with Gasteiger partial charge in [-0.25, -0.2) is 0 Å². The molecule has 0 unspecified atom stereocenters. The summed E-state index contributed by atoms with van der Waals surface area (Å²) in [6, 6.07) is 16.0. The second kappa shape index (κ2) is 9.53. The minimum atomic E-state index is 0.0433. The molecule has 2 aromatic rings. The van der Waals surface area contributed by atoms with Crippen molar-refractivity contribution in [3.63, 3.8) is 0 Å². The van der Waals surface area contributed by atoms with E-state index in [1.165, 1.54) is 32.1 Å². The first-order valence-electron chi connectivity index (χ1n) is 10.9. The molecule has 1 saturated carbocycles. The first kappa shape index (κ1) is 20.8. The van der Waals surface area contributed by atoms with Crippen LogP contribution in [0.5, 0.6) is 0 Å². The van der Waals surface area contributed by atoms with Crippen LogP contribution in [0.3, 0.4) is 0 Å². The highest BCUT2D eigenvalue weighted by molar-refractivity contribution is 6.30. The molecule has 0 saturated heterocycles. The lowest BCUT2D eigenvalue weighted by Gasteiger charge is -2.37. The highest BCUT2D eigenvalue weighted by Gasteiger charge is 2.27. The van der Waals surface area contributed by atoms with Gasteiger partial charge in [0.25, 0.3) is 0 Å². The molecule has 1 aliphatic heterocycles. The second-order valence-electron chi connectivity index (χ2n) is 8.64. The summed E-state index contributed by atoms with van der Waals surface area (Å²) in [6.45, 7) is 1.47. The number of benzene rings is 2. The van der Waals surface area contributed by atoms with E-state index in [0.29, 0.717) is 24.4 Å². The smallest absolute Gasteiger partial charge is 0.220 e. The highest BCUT2D eigenvalue weighted by atomic mass is 35.5. The fraction of sp³-hybridized carbons (Fsp3) is 0.440. The average molecular weight is 422 g/mol. The lowest BCUT2D eigenvalue weighted by molar-refractivity contribution is -0.122. The topological polar surface area (TPSA) is 56.1 Å². The van der Waals surface area contributed by atoms with Gasteiger partial charge >= 0.3 is 0 Å². The molecule has 1 amide bonds. The van der Waals surface area contributed by atoms with Gasteiger partial charge in [0.1, 0.15) is 0 Å². The highest BCUT2D eigenvalue weighted by Crippen LogP contribution is 2.31. The molecule has 1 N–H and O–H groups in total. The minimum absolute atomic E-state index is 0.0433. The number of nitriles is 1. The zero-order chi connectivity index (χ0) is 20.9. The van der Waals surface area contributed by atoms with Crippen molar-refractivity contribution in [3.8, 4) is 6.07 Å².